The first kappa shape index (κ1) is 11.9. The molecule has 0 spiro atoms. The molecule has 1 atom stereocenters. The van der Waals surface area contributed by atoms with Crippen molar-refractivity contribution in [3.05, 3.63) is 0 Å². The number of nitrogens with two attached hydrogens (primary N) is 1. The lowest BCUT2D eigenvalue weighted by Gasteiger charge is -2.15. The first-order chi connectivity index (χ1) is 7.04. The summed E-state index contributed by atoms with van der Waals surface area (Å²) >= 11 is 1.09. The second kappa shape index (κ2) is 5.06. The third-order valence-electron chi connectivity index (χ3n) is 2.03. The molecule has 82 valence electrons. The van der Waals surface area contributed by atoms with Gasteiger partial charge in [-0.15, -0.1) is 0 Å². The van der Waals surface area contributed by atoms with E-state index in [2.05, 4.69) is 9.98 Å². The van der Waals surface area contributed by atoms with Gasteiger partial charge in [0, 0.05) is 5.71 Å². The number of amidine groups is 1. The minimum Gasteiger partial charge on any atom is -0.369 e. The smallest absolute Gasteiger partial charge is 0.256 e. The van der Waals surface area contributed by atoms with Crippen molar-refractivity contribution in [2.24, 2.45) is 21.6 Å². The zero-order chi connectivity index (χ0) is 11.4. The number of aliphatic imine (C=N–C) groups is 2. The van der Waals surface area contributed by atoms with E-state index in [0.717, 1.165) is 17.5 Å². The standard InChI is InChI=1S/C9H13N3O2S/c1-3-6-5(2)11-9(12-8(6)14)15-4-7(10)13/h6H,3-4H2,1-2H3,(H2,10,13). The van der Waals surface area contributed by atoms with Crippen LogP contribution in [-0.2, 0) is 9.59 Å². The molecule has 0 aromatic rings. The fourth-order valence-corrected chi connectivity index (χ4v) is 1.91. The van der Waals surface area contributed by atoms with Crippen LogP contribution in [0.5, 0.6) is 0 Å². The van der Waals surface area contributed by atoms with Crippen LogP contribution in [0.4, 0.5) is 0 Å². The van der Waals surface area contributed by atoms with Gasteiger partial charge in [0.05, 0.1) is 11.7 Å². The van der Waals surface area contributed by atoms with Gasteiger partial charge in [-0.25, -0.2) is 4.99 Å². The van der Waals surface area contributed by atoms with E-state index < -0.39 is 5.91 Å². The van der Waals surface area contributed by atoms with Gasteiger partial charge in [0.15, 0.2) is 5.17 Å². The highest BCUT2D eigenvalue weighted by molar-refractivity contribution is 8.14. The Morgan fingerprint density at radius 3 is 2.67 bits per heavy atom. The molecule has 0 bridgehead atoms. The summed E-state index contributed by atoms with van der Waals surface area (Å²) in [6, 6.07) is 0. The second-order valence-electron chi connectivity index (χ2n) is 3.20. The largest absolute Gasteiger partial charge is 0.369 e. The van der Waals surface area contributed by atoms with Crippen LogP contribution in [0.1, 0.15) is 20.3 Å². The van der Waals surface area contributed by atoms with Crippen LogP contribution in [0.2, 0.25) is 0 Å². The van der Waals surface area contributed by atoms with Crippen molar-refractivity contribution in [1.82, 2.24) is 0 Å². The molecule has 1 rings (SSSR count). The van der Waals surface area contributed by atoms with E-state index in [1.165, 1.54) is 0 Å². The number of nitrogens with zero attached hydrogens (tertiary/aromatic N) is 2. The number of carbonyl (C=O) groups excluding carboxylic acids is 2. The lowest BCUT2D eigenvalue weighted by Crippen LogP contribution is -2.25. The van der Waals surface area contributed by atoms with E-state index in [-0.39, 0.29) is 17.6 Å². The Kier molecular flexibility index (Phi) is 4.02. The molecule has 6 heteroatoms. The molecule has 2 amide bonds. The summed E-state index contributed by atoms with van der Waals surface area (Å²) in [5, 5.41) is 0.334. The molecular formula is C9H13N3O2S. The molecule has 0 aliphatic carbocycles. The zero-order valence-electron chi connectivity index (χ0n) is 8.69. The zero-order valence-corrected chi connectivity index (χ0v) is 9.50. The number of rotatable bonds is 3. The summed E-state index contributed by atoms with van der Waals surface area (Å²) in [6.07, 6.45) is 0.700. The normalized spacial score (nSPS) is 20.9. The van der Waals surface area contributed by atoms with Crippen LogP contribution in [0, 0.1) is 5.92 Å². The summed E-state index contributed by atoms with van der Waals surface area (Å²) in [6.45, 7) is 3.71. The number of carbonyl (C=O) groups is 2. The van der Waals surface area contributed by atoms with E-state index in [1.54, 1.807) is 6.92 Å². The SMILES string of the molecule is CCC1C(=O)N=C(SCC(N)=O)N=C1C. The summed E-state index contributed by atoms with van der Waals surface area (Å²) in [7, 11) is 0. The van der Waals surface area contributed by atoms with E-state index in [9.17, 15) is 9.59 Å². The first-order valence-electron chi connectivity index (χ1n) is 4.63. The van der Waals surface area contributed by atoms with E-state index in [4.69, 9.17) is 5.73 Å². The Balaban J connectivity index is 2.70. The second-order valence-corrected chi connectivity index (χ2v) is 4.14. The Bertz CT molecular complexity index is 349. The highest BCUT2D eigenvalue weighted by Gasteiger charge is 2.24. The predicted octanol–water partition coefficient (Wildman–Crippen LogP) is 0.588. The number of thioether (sulfide) groups is 1. The molecule has 0 saturated heterocycles. The third kappa shape index (κ3) is 3.16. The van der Waals surface area contributed by atoms with Gasteiger partial charge in [0.25, 0.3) is 5.91 Å². The Morgan fingerprint density at radius 2 is 2.20 bits per heavy atom. The molecule has 1 aliphatic heterocycles. The molecule has 1 aliphatic rings. The van der Waals surface area contributed by atoms with Crippen LogP contribution >= 0.6 is 11.8 Å². The monoisotopic (exact) mass is 227 g/mol. The van der Waals surface area contributed by atoms with Crippen LogP contribution in [0.15, 0.2) is 9.98 Å². The number of primary amides is 1. The van der Waals surface area contributed by atoms with Gasteiger partial charge in [-0.3, -0.25) is 9.59 Å². The van der Waals surface area contributed by atoms with Crippen molar-refractivity contribution in [3.8, 4) is 0 Å². The van der Waals surface area contributed by atoms with E-state index in [1.807, 2.05) is 6.92 Å². The van der Waals surface area contributed by atoms with Crippen molar-refractivity contribution in [1.29, 1.82) is 0 Å². The van der Waals surface area contributed by atoms with Crippen molar-refractivity contribution in [3.63, 3.8) is 0 Å². The number of amides is 2. The molecule has 0 fully saturated rings. The molecule has 1 heterocycles. The van der Waals surface area contributed by atoms with Crippen LogP contribution in [-0.4, -0.2) is 28.4 Å². The summed E-state index contributed by atoms with van der Waals surface area (Å²) in [5.74, 6) is -0.736. The summed E-state index contributed by atoms with van der Waals surface area (Å²) in [4.78, 5) is 30.0. The Morgan fingerprint density at radius 1 is 1.53 bits per heavy atom. The van der Waals surface area contributed by atoms with Crippen molar-refractivity contribution in [2.45, 2.75) is 20.3 Å². The number of hydrogen-bond acceptors (Lipinski definition) is 4. The molecule has 0 radical (unpaired) electrons. The molecule has 0 aromatic heterocycles. The molecule has 1 unspecified atom stereocenters. The predicted molar refractivity (Wildman–Crippen MR) is 61.0 cm³/mol. The lowest BCUT2D eigenvalue weighted by molar-refractivity contribution is -0.120. The maximum atomic E-state index is 11.5. The fraction of sp³-hybridized carbons (Fsp3) is 0.556. The highest BCUT2D eigenvalue weighted by Crippen LogP contribution is 2.17. The summed E-state index contributed by atoms with van der Waals surface area (Å²) in [5.41, 5.74) is 5.74. The van der Waals surface area contributed by atoms with Gasteiger partial charge in [0.2, 0.25) is 5.91 Å². The van der Waals surface area contributed by atoms with Crippen LogP contribution < -0.4 is 5.73 Å². The molecule has 5 nitrogen and oxygen atoms in total. The van der Waals surface area contributed by atoms with Gasteiger partial charge in [-0.2, -0.15) is 4.99 Å². The number of hydrogen-bond donors (Lipinski definition) is 1. The maximum absolute atomic E-state index is 11.5. The molecule has 0 aromatic carbocycles. The fourth-order valence-electron chi connectivity index (χ4n) is 1.27. The van der Waals surface area contributed by atoms with E-state index in [0.29, 0.717) is 11.6 Å². The quantitative estimate of drug-likeness (QED) is 0.765. The maximum Gasteiger partial charge on any atom is 0.256 e. The van der Waals surface area contributed by atoms with Gasteiger partial charge in [-0.1, -0.05) is 18.7 Å². The van der Waals surface area contributed by atoms with E-state index >= 15 is 0 Å². The van der Waals surface area contributed by atoms with Gasteiger partial charge >= 0.3 is 0 Å². The molecule has 0 saturated carbocycles. The van der Waals surface area contributed by atoms with Gasteiger partial charge in [0.1, 0.15) is 0 Å². The average Bonchev–Trinajstić information content (AvgIpc) is 2.14. The summed E-state index contributed by atoms with van der Waals surface area (Å²) < 4.78 is 0. The first-order valence-corrected chi connectivity index (χ1v) is 5.62. The Labute approximate surface area is 92.2 Å². The molecular weight excluding hydrogens is 214 g/mol. The Hall–Kier alpha value is -1.17. The lowest BCUT2D eigenvalue weighted by atomic mass is 10.0. The van der Waals surface area contributed by atoms with Crippen molar-refractivity contribution in [2.75, 3.05) is 5.75 Å². The minimum atomic E-state index is -0.444. The highest BCUT2D eigenvalue weighted by atomic mass is 32.2. The third-order valence-corrected chi connectivity index (χ3v) is 2.90. The molecule has 2 N–H and O–H groups in total. The topological polar surface area (TPSA) is 84.9 Å². The minimum absolute atomic E-state index is 0.0969. The van der Waals surface area contributed by atoms with Gasteiger partial charge < -0.3 is 5.73 Å². The van der Waals surface area contributed by atoms with Crippen molar-refractivity contribution >= 4 is 34.5 Å². The van der Waals surface area contributed by atoms with Crippen molar-refractivity contribution < 1.29 is 9.59 Å². The van der Waals surface area contributed by atoms with Gasteiger partial charge in [-0.05, 0) is 13.3 Å². The van der Waals surface area contributed by atoms with Crippen LogP contribution in [0.25, 0.3) is 0 Å². The molecule has 15 heavy (non-hydrogen) atoms. The van der Waals surface area contributed by atoms with Crippen LogP contribution in [0.3, 0.4) is 0 Å². The average molecular weight is 227 g/mol.